The molecule has 11 heteroatoms. The van der Waals surface area contributed by atoms with Crippen molar-refractivity contribution < 1.29 is 31.8 Å². The molecule has 1 heterocycles. The quantitative estimate of drug-likeness (QED) is 0.196. The normalized spacial score (nSPS) is 37.6. The van der Waals surface area contributed by atoms with Crippen LogP contribution in [0.5, 0.6) is 0 Å². The first kappa shape index (κ1) is 46.3. The minimum atomic E-state index is -2.93. The van der Waals surface area contributed by atoms with E-state index in [1.54, 1.807) is 12.1 Å². The summed E-state index contributed by atoms with van der Waals surface area (Å²) in [6.45, 7) is 23.5. The standard InChI is InChI=1S/C41H60N2O7S2.C3H8.C2H6/c1-37(2)30(27-6-8-28(9-7-27)36(45)46)13-15-38(3)33(37)14-16-40(5)34(38)11-10-31-35-29(32(44)26-50-51-47)12-17-41(35,19-18-39(31,40)4)42-20-21-43-22-24-52(48,49)25-23-43;1-3-2;1-2/h6-9,13,29,31,33-35,42,47H,10-12,14-26H2,1-5H3,(H,45,46);3H2,1-2H3;1-2H3/t29-,31?,33-,34+,35+,38?,39+,40?,41?;;/m0../s1. The number of allylic oxidation sites excluding steroid dienone is 2. The predicted octanol–water partition coefficient (Wildman–Crippen LogP) is 9.68. The van der Waals surface area contributed by atoms with Crippen LogP contribution in [0.1, 0.15) is 142 Å². The van der Waals surface area contributed by atoms with E-state index in [-0.39, 0.29) is 75.3 Å². The van der Waals surface area contributed by atoms with E-state index in [0.717, 1.165) is 76.4 Å². The highest BCUT2D eigenvalue weighted by Crippen LogP contribution is 2.76. The van der Waals surface area contributed by atoms with Gasteiger partial charge < -0.3 is 19.9 Å². The maximum Gasteiger partial charge on any atom is 0.335 e. The Labute approximate surface area is 349 Å². The summed E-state index contributed by atoms with van der Waals surface area (Å²) in [5.74, 6) is 1.19. The molecule has 322 valence electrons. The molecule has 4 saturated carbocycles. The third-order valence-electron chi connectivity index (χ3n) is 16.5. The fourth-order valence-corrected chi connectivity index (χ4v) is 15.2. The van der Waals surface area contributed by atoms with Gasteiger partial charge in [-0.05, 0) is 126 Å². The number of benzene rings is 1. The summed E-state index contributed by atoms with van der Waals surface area (Å²) in [5, 5.41) is 13.5. The van der Waals surface area contributed by atoms with E-state index >= 15 is 0 Å². The molecule has 1 saturated heterocycles. The molecule has 0 amide bonds. The van der Waals surface area contributed by atoms with Crippen molar-refractivity contribution in [3.05, 3.63) is 41.5 Å². The maximum atomic E-state index is 13.9. The second kappa shape index (κ2) is 18.1. The van der Waals surface area contributed by atoms with Crippen molar-refractivity contribution in [3.63, 3.8) is 0 Å². The number of carboxylic acids is 1. The van der Waals surface area contributed by atoms with E-state index in [9.17, 15) is 27.7 Å². The molecular formula is C46H74N2O7S2. The lowest BCUT2D eigenvalue weighted by molar-refractivity contribution is -0.220. The maximum absolute atomic E-state index is 13.9. The van der Waals surface area contributed by atoms with Gasteiger partial charge in [0.05, 0.1) is 17.1 Å². The van der Waals surface area contributed by atoms with Crippen LogP contribution in [-0.2, 0) is 18.8 Å². The first-order valence-electron chi connectivity index (χ1n) is 22.1. The van der Waals surface area contributed by atoms with Crippen molar-refractivity contribution in [3.8, 4) is 0 Å². The second-order valence-corrected chi connectivity index (χ2v) is 22.0. The molecule has 57 heavy (non-hydrogen) atoms. The Morgan fingerprint density at radius 2 is 1.54 bits per heavy atom. The number of nitrogens with zero attached hydrogens (tertiary/aromatic N) is 1. The van der Waals surface area contributed by atoms with Crippen LogP contribution in [0.15, 0.2) is 30.3 Å². The molecule has 1 aromatic carbocycles. The summed E-state index contributed by atoms with van der Waals surface area (Å²) in [7, 11) is -2.93. The fraction of sp³-hybridized carbons (Fsp3) is 0.783. The summed E-state index contributed by atoms with van der Waals surface area (Å²) >= 11 is 0.280. The molecule has 0 spiro atoms. The summed E-state index contributed by atoms with van der Waals surface area (Å²) in [5.41, 5.74) is 2.90. The highest BCUT2D eigenvalue weighted by atomic mass is 32.2. The van der Waals surface area contributed by atoms with Gasteiger partial charge >= 0.3 is 5.97 Å². The number of carbonyl (C=O) groups excluding carboxylic acids is 1. The molecule has 5 fully saturated rings. The molecule has 1 aliphatic heterocycles. The number of hydrogen-bond acceptors (Lipinski definition) is 9. The van der Waals surface area contributed by atoms with Crippen molar-refractivity contribution in [2.45, 2.75) is 132 Å². The molecule has 9 atom stereocenters. The van der Waals surface area contributed by atoms with Crippen LogP contribution in [0.25, 0.3) is 5.57 Å². The first-order valence-corrected chi connectivity index (χ1v) is 24.6. The summed E-state index contributed by atoms with van der Waals surface area (Å²) in [6.07, 6.45) is 13.2. The molecule has 7 rings (SSSR count). The smallest absolute Gasteiger partial charge is 0.335 e. The van der Waals surface area contributed by atoms with Crippen LogP contribution in [-0.4, -0.2) is 84.6 Å². The third-order valence-corrected chi connectivity index (χ3v) is 18.3. The van der Waals surface area contributed by atoms with E-state index < -0.39 is 15.8 Å². The summed E-state index contributed by atoms with van der Waals surface area (Å²) in [6, 6.07) is 7.44. The Balaban J connectivity index is 0.00000118. The molecule has 9 nitrogen and oxygen atoms in total. The second-order valence-electron chi connectivity index (χ2n) is 19.4. The van der Waals surface area contributed by atoms with Crippen molar-refractivity contribution in [2.75, 3.05) is 44.3 Å². The Kier molecular flexibility index (Phi) is 14.7. The molecule has 5 aliphatic carbocycles. The van der Waals surface area contributed by atoms with Crippen molar-refractivity contribution in [2.24, 2.45) is 51.2 Å². The molecule has 3 N–H and O–H groups in total. The molecule has 0 radical (unpaired) electrons. The van der Waals surface area contributed by atoms with Crippen molar-refractivity contribution in [1.29, 1.82) is 0 Å². The van der Waals surface area contributed by atoms with Gasteiger partial charge in [-0.15, -0.1) is 0 Å². The zero-order valence-corrected chi connectivity index (χ0v) is 38.1. The number of sulfone groups is 1. The van der Waals surface area contributed by atoms with Crippen LogP contribution in [0.2, 0.25) is 0 Å². The number of aromatic carboxylic acids is 1. The topological polar surface area (TPSA) is 133 Å². The minimum absolute atomic E-state index is 0.0608. The van der Waals surface area contributed by atoms with Crippen LogP contribution in [0, 0.1) is 51.2 Å². The Morgan fingerprint density at radius 1 is 0.895 bits per heavy atom. The van der Waals surface area contributed by atoms with E-state index in [2.05, 4.69) is 64.8 Å². The summed E-state index contributed by atoms with van der Waals surface area (Å²) in [4.78, 5) is 27.7. The van der Waals surface area contributed by atoms with Gasteiger partial charge in [-0.1, -0.05) is 86.9 Å². The number of ketones is 1. The van der Waals surface area contributed by atoms with Crippen LogP contribution in [0.4, 0.5) is 0 Å². The van der Waals surface area contributed by atoms with E-state index in [4.69, 9.17) is 4.18 Å². The van der Waals surface area contributed by atoms with Gasteiger partial charge in [0, 0.05) is 37.6 Å². The lowest BCUT2D eigenvalue weighted by atomic mass is 9.33. The lowest BCUT2D eigenvalue weighted by Gasteiger charge is -2.72. The van der Waals surface area contributed by atoms with Crippen LogP contribution in [0.3, 0.4) is 0 Å². The van der Waals surface area contributed by atoms with Crippen LogP contribution >= 0.6 is 12.3 Å². The molecule has 0 bridgehead atoms. The largest absolute Gasteiger partial charge is 0.478 e. The lowest BCUT2D eigenvalue weighted by Crippen LogP contribution is -2.68. The van der Waals surface area contributed by atoms with Crippen LogP contribution < -0.4 is 5.32 Å². The average Bonchev–Trinajstić information content (AvgIpc) is 3.55. The van der Waals surface area contributed by atoms with E-state index in [1.165, 1.54) is 12.0 Å². The fourth-order valence-electron chi connectivity index (χ4n) is 13.8. The monoisotopic (exact) mass is 830 g/mol. The average molecular weight is 831 g/mol. The number of hydrogen-bond donors (Lipinski definition) is 3. The zero-order valence-electron chi connectivity index (χ0n) is 36.5. The number of carboxylic acid groups (broad SMARTS) is 1. The van der Waals surface area contributed by atoms with Gasteiger partial charge in [0.2, 0.25) is 0 Å². The summed E-state index contributed by atoms with van der Waals surface area (Å²) < 4.78 is 38.6. The highest BCUT2D eigenvalue weighted by Gasteiger charge is 2.70. The van der Waals surface area contributed by atoms with E-state index in [1.807, 2.05) is 26.0 Å². The SMILES string of the molecule is CC.CC1(C)C(c2ccc(C(=O)O)cc2)=CCC2(C)[C@H]3CCC4[C@H]5[C@H](C(=O)COSO)CCC5(NCCN5CCS(=O)(=O)CC5)CC[C@@]4(C)C3(C)CC[C@@H]12.CCC. The van der Waals surface area contributed by atoms with Crippen molar-refractivity contribution >= 4 is 39.5 Å². The highest BCUT2D eigenvalue weighted by molar-refractivity contribution is 7.91. The molecule has 6 aliphatic rings. The molecule has 0 aromatic heterocycles. The Bertz CT molecular complexity index is 1700. The number of nitrogens with one attached hydrogen (secondary N) is 1. The first-order chi connectivity index (χ1) is 26.9. The zero-order chi connectivity index (χ0) is 42.0. The van der Waals surface area contributed by atoms with Crippen molar-refractivity contribution in [1.82, 2.24) is 10.2 Å². The predicted molar refractivity (Wildman–Crippen MR) is 233 cm³/mol. The van der Waals surface area contributed by atoms with E-state index in [0.29, 0.717) is 36.4 Å². The van der Waals surface area contributed by atoms with Gasteiger partial charge in [-0.2, -0.15) is 0 Å². The Hall–Kier alpha value is -1.76. The number of Topliss-reactive ketones (excluding diaryl/α,β-unsaturated/α-hetero) is 1. The number of rotatable bonds is 10. The number of carbonyl (C=O) groups is 2. The minimum Gasteiger partial charge on any atom is -0.478 e. The van der Waals surface area contributed by atoms with Gasteiger partial charge in [0.25, 0.3) is 0 Å². The molecule has 4 unspecified atom stereocenters. The number of fused-ring (bicyclic) bond motifs is 7. The van der Waals surface area contributed by atoms with Gasteiger partial charge in [0.1, 0.15) is 6.61 Å². The molecule has 1 aromatic rings. The van der Waals surface area contributed by atoms with Gasteiger partial charge in [-0.25, -0.2) is 13.2 Å². The third kappa shape index (κ3) is 8.46. The Morgan fingerprint density at radius 3 is 2.16 bits per heavy atom. The van der Waals surface area contributed by atoms with Gasteiger partial charge in [0.15, 0.2) is 27.9 Å². The molecular weight excluding hydrogens is 757 g/mol. The van der Waals surface area contributed by atoms with Gasteiger partial charge in [-0.3, -0.25) is 8.98 Å².